The Morgan fingerprint density at radius 3 is 2.22 bits per heavy atom. The molecule has 0 radical (unpaired) electrons. The zero-order valence-corrected chi connectivity index (χ0v) is 18.6. The Hall–Kier alpha value is -3.98. The third kappa shape index (κ3) is 4.68. The Balaban J connectivity index is 1.47. The SMILES string of the molecule is COc1cc(OC)cc(C(=O)NC(=S)Nc2ccc3nn(-c4ccc(C)cc4)nc3c2)c1. The maximum atomic E-state index is 12.6. The number of thiocarbonyl (C=S) groups is 1. The zero-order valence-electron chi connectivity index (χ0n) is 17.7. The molecule has 0 bridgehead atoms. The molecule has 4 rings (SSSR count). The van der Waals surface area contributed by atoms with E-state index in [2.05, 4.69) is 20.8 Å². The first-order chi connectivity index (χ1) is 15.4. The lowest BCUT2D eigenvalue weighted by Crippen LogP contribution is -2.34. The van der Waals surface area contributed by atoms with Gasteiger partial charge in [-0.2, -0.15) is 4.80 Å². The summed E-state index contributed by atoms with van der Waals surface area (Å²) < 4.78 is 10.4. The van der Waals surface area contributed by atoms with Gasteiger partial charge in [0.25, 0.3) is 5.91 Å². The molecular weight excluding hydrogens is 426 g/mol. The number of hydrogen-bond acceptors (Lipinski definition) is 6. The van der Waals surface area contributed by atoms with Gasteiger partial charge in [0.15, 0.2) is 5.11 Å². The fourth-order valence-corrected chi connectivity index (χ4v) is 3.27. The number of fused-ring (bicyclic) bond motifs is 1. The smallest absolute Gasteiger partial charge is 0.257 e. The molecule has 0 atom stereocenters. The van der Waals surface area contributed by atoms with E-state index < -0.39 is 0 Å². The van der Waals surface area contributed by atoms with Crippen molar-refractivity contribution in [2.75, 3.05) is 19.5 Å². The van der Waals surface area contributed by atoms with Crippen LogP contribution in [-0.2, 0) is 0 Å². The highest BCUT2D eigenvalue weighted by Crippen LogP contribution is 2.22. The quantitative estimate of drug-likeness (QED) is 0.449. The number of aromatic nitrogens is 3. The van der Waals surface area contributed by atoms with Gasteiger partial charge in [0.05, 0.1) is 19.9 Å². The molecule has 162 valence electrons. The molecule has 0 saturated carbocycles. The van der Waals surface area contributed by atoms with Crippen molar-refractivity contribution < 1.29 is 14.3 Å². The Bertz CT molecular complexity index is 1280. The molecule has 0 saturated heterocycles. The number of benzene rings is 3. The van der Waals surface area contributed by atoms with Crippen LogP contribution in [-0.4, -0.2) is 40.2 Å². The average molecular weight is 448 g/mol. The number of anilines is 1. The van der Waals surface area contributed by atoms with Gasteiger partial charge in [0.2, 0.25) is 0 Å². The summed E-state index contributed by atoms with van der Waals surface area (Å²) in [5, 5.41) is 14.9. The highest BCUT2D eigenvalue weighted by Gasteiger charge is 2.12. The minimum atomic E-state index is -0.383. The minimum absolute atomic E-state index is 0.155. The van der Waals surface area contributed by atoms with Gasteiger partial charge in [-0.1, -0.05) is 17.7 Å². The van der Waals surface area contributed by atoms with E-state index in [1.165, 1.54) is 19.8 Å². The van der Waals surface area contributed by atoms with Gasteiger partial charge in [-0.05, 0) is 61.6 Å². The average Bonchev–Trinajstić information content (AvgIpc) is 3.22. The molecule has 9 heteroatoms. The van der Waals surface area contributed by atoms with E-state index in [4.69, 9.17) is 21.7 Å². The Morgan fingerprint density at radius 1 is 0.906 bits per heavy atom. The molecule has 2 N–H and O–H groups in total. The van der Waals surface area contributed by atoms with Crippen molar-refractivity contribution in [3.05, 3.63) is 71.8 Å². The standard InChI is InChI=1S/C23H21N5O3S/c1-14-4-7-17(8-5-14)28-26-20-9-6-16(12-21(20)27-28)24-23(32)25-22(29)15-10-18(30-2)13-19(11-15)31-3/h4-13H,1-3H3,(H2,24,25,29,32). The Morgan fingerprint density at radius 2 is 1.56 bits per heavy atom. The van der Waals surface area contributed by atoms with Gasteiger partial charge in [-0.15, -0.1) is 10.2 Å². The topological polar surface area (TPSA) is 90.3 Å². The number of amides is 1. The van der Waals surface area contributed by atoms with E-state index >= 15 is 0 Å². The van der Waals surface area contributed by atoms with Crippen molar-refractivity contribution in [3.8, 4) is 17.2 Å². The monoisotopic (exact) mass is 447 g/mol. The molecule has 0 spiro atoms. The van der Waals surface area contributed by atoms with Crippen LogP contribution >= 0.6 is 12.2 Å². The fourth-order valence-electron chi connectivity index (χ4n) is 3.06. The van der Waals surface area contributed by atoms with E-state index in [0.717, 1.165) is 11.2 Å². The first-order valence-electron chi connectivity index (χ1n) is 9.75. The van der Waals surface area contributed by atoms with Gasteiger partial charge < -0.3 is 14.8 Å². The van der Waals surface area contributed by atoms with Crippen LogP contribution in [0.2, 0.25) is 0 Å². The number of rotatable bonds is 5. The first kappa shape index (κ1) is 21.3. The molecular formula is C23H21N5O3S. The third-order valence-corrected chi connectivity index (χ3v) is 4.95. The summed E-state index contributed by atoms with van der Waals surface area (Å²) in [5.74, 6) is 0.636. The van der Waals surface area contributed by atoms with Gasteiger partial charge in [-0.3, -0.25) is 10.1 Å². The number of carbonyl (C=O) groups excluding carboxylic acids is 1. The van der Waals surface area contributed by atoms with Crippen LogP contribution in [0.15, 0.2) is 60.7 Å². The summed E-state index contributed by atoms with van der Waals surface area (Å²) in [7, 11) is 3.04. The second kappa shape index (κ2) is 9.03. The van der Waals surface area contributed by atoms with Crippen LogP contribution in [0, 0.1) is 6.92 Å². The molecule has 0 aliphatic rings. The Labute approximate surface area is 190 Å². The highest BCUT2D eigenvalue weighted by molar-refractivity contribution is 7.80. The largest absolute Gasteiger partial charge is 0.497 e. The van der Waals surface area contributed by atoms with Gasteiger partial charge in [-0.25, -0.2) is 0 Å². The maximum absolute atomic E-state index is 12.6. The highest BCUT2D eigenvalue weighted by atomic mass is 32.1. The Kier molecular flexibility index (Phi) is 6.00. The molecule has 0 aliphatic heterocycles. The fraction of sp³-hybridized carbons (Fsp3) is 0.130. The molecule has 1 heterocycles. The predicted octanol–water partition coefficient (Wildman–Crippen LogP) is 3.87. The van der Waals surface area contributed by atoms with Gasteiger partial charge >= 0.3 is 0 Å². The molecule has 1 amide bonds. The lowest BCUT2D eigenvalue weighted by atomic mass is 10.2. The molecule has 0 unspecified atom stereocenters. The zero-order chi connectivity index (χ0) is 22.7. The summed E-state index contributed by atoms with van der Waals surface area (Å²) >= 11 is 5.30. The normalized spacial score (nSPS) is 10.6. The minimum Gasteiger partial charge on any atom is -0.497 e. The van der Waals surface area contributed by atoms with E-state index in [0.29, 0.717) is 28.3 Å². The summed E-state index contributed by atoms with van der Waals surface area (Å²) in [5.41, 5.74) is 4.53. The van der Waals surface area contributed by atoms with E-state index in [-0.39, 0.29) is 11.0 Å². The second-order valence-corrected chi connectivity index (χ2v) is 7.45. The molecule has 1 aromatic heterocycles. The lowest BCUT2D eigenvalue weighted by molar-refractivity contribution is 0.0977. The van der Waals surface area contributed by atoms with E-state index in [9.17, 15) is 4.79 Å². The molecule has 0 aliphatic carbocycles. The number of ether oxygens (including phenoxy) is 2. The van der Waals surface area contributed by atoms with Crippen LogP contribution in [0.3, 0.4) is 0 Å². The van der Waals surface area contributed by atoms with Crippen molar-refractivity contribution in [2.45, 2.75) is 6.92 Å². The summed E-state index contributed by atoms with van der Waals surface area (Å²) in [6, 6.07) is 18.3. The molecule has 4 aromatic rings. The number of nitrogens with zero attached hydrogens (tertiary/aromatic N) is 3. The molecule has 32 heavy (non-hydrogen) atoms. The van der Waals surface area contributed by atoms with Crippen molar-refractivity contribution >= 4 is 40.0 Å². The lowest BCUT2D eigenvalue weighted by Gasteiger charge is -2.11. The summed E-state index contributed by atoms with van der Waals surface area (Å²) in [4.78, 5) is 14.2. The van der Waals surface area contributed by atoms with Crippen molar-refractivity contribution in [3.63, 3.8) is 0 Å². The first-order valence-corrected chi connectivity index (χ1v) is 10.2. The third-order valence-electron chi connectivity index (χ3n) is 4.74. The number of nitrogens with one attached hydrogen (secondary N) is 2. The number of carbonyl (C=O) groups is 1. The second-order valence-electron chi connectivity index (χ2n) is 7.04. The van der Waals surface area contributed by atoms with Crippen molar-refractivity contribution in [1.82, 2.24) is 20.3 Å². The van der Waals surface area contributed by atoms with Crippen LogP contribution < -0.4 is 20.1 Å². The predicted molar refractivity (Wildman–Crippen MR) is 127 cm³/mol. The van der Waals surface area contributed by atoms with E-state index in [1.54, 1.807) is 23.0 Å². The van der Waals surface area contributed by atoms with Crippen LogP contribution in [0.4, 0.5) is 5.69 Å². The number of methoxy groups -OCH3 is 2. The van der Waals surface area contributed by atoms with Crippen molar-refractivity contribution in [1.29, 1.82) is 0 Å². The number of aryl methyl sites for hydroxylation is 1. The van der Waals surface area contributed by atoms with Gasteiger partial charge in [0, 0.05) is 17.3 Å². The number of hydrogen-bond donors (Lipinski definition) is 2. The molecule has 0 fully saturated rings. The molecule has 3 aromatic carbocycles. The summed E-state index contributed by atoms with van der Waals surface area (Å²) in [6.07, 6.45) is 0. The van der Waals surface area contributed by atoms with E-state index in [1.807, 2.05) is 49.4 Å². The van der Waals surface area contributed by atoms with Crippen LogP contribution in [0.5, 0.6) is 11.5 Å². The maximum Gasteiger partial charge on any atom is 0.257 e. The van der Waals surface area contributed by atoms with Crippen molar-refractivity contribution in [2.24, 2.45) is 0 Å². The van der Waals surface area contributed by atoms with Crippen LogP contribution in [0.25, 0.3) is 16.7 Å². The summed E-state index contributed by atoms with van der Waals surface area (Å²) in [6.45, 7) is 2.03. The van der Waals surface area contributed by atoms with Crippen LogP contribution in [0.1, 0.15) is 15.9 Å². The molecule has 8 nitrogen and oxygen atoms in total. The van der Waals surface area contributed by atoms with Gasteiger partial charge in [0.1, 0.15) is 22.5 Å².